The summed E-state index contributed by atoms with van der Waals surface area (Å²) in [7, 11) is 0. The number of carbonyl (C=O) groups is 1. The maximum absolute atomic E-state index is 12.3. The van der Waals surface area contributed by atoms with Gasteiger partial charge in [-0.3, -0.25) is 9.97 Å². The van der Waals surface area contributed by atoms with Gasteiger partial charge >= 0.3 is 0 Å². The minimum absolute atomic E-state index is 0. The van der Waals surface area contributed by atoms with E-state index in [1.165, 1.54) is 0 Å². The average molecular weight is 578 g/mol. The number of aromatic nitrogens is 2. The molecule has 0 aliphatic carbocycles. The fourth-order valence-electron chi connectivity index (χ4n) is 3.77. The normalized spacial score (nSPS) is 10.2. The summed E-state index contributed by atoms with van der Waals surface area (Å²) in [6, 6.07) is 35.0. The van der Waals surface area contributed by atoms with Gasteiger partial charge < -0.3 is 10.1 Å². The number of hydrogen-bond donors (Lipinski definition) is 0. The van der Waals surface area contributed by atoms with E-state index in [-0.39, 0.29) is 55.3 Å². The molecule has 1 radical (unpaired) electrons. The topological polar surface area (TPSA) is 57.0 Å². The molecule has 2 aromatic heterocycles. The van der Waals surface area contributed by atoms with Gasteiger partial charge in [0.15, 0.2) is 0 Å². The Bertz CT molecular complexity index is 1510. The van der Waals surface area contributed by atoms with Crippen LogP contribution in [0, 0.1) is 49.4 Å². The summed E-state index contributed by atoms with van der Waals surface area (Å²) in [4.78, 5) is 21.0. The summed E-state index contributed by atoms with van der Waals surface area (Å²) in [5.74, 6) is -0.206. The number of para-hydroxylation sites is 1. The molecule has 4 aromatic carbocycles. The summed E-state index contributed by atoms with van der Waals surface area (Å²) in [5, 5.41) is 8.41. The van der Waals surface area contributed by atoms with Gasteiger partial charge in [-0.1, -0.05) is 97.1 Å². The maximum Gasteiger partial charge on any atom is 0.0964 e. The first kappa shape index (κ1) is 24.1. The zero-order valence-electron chi connectivity index (χ0n) is 18.2. The van der Waals surface area contributed by atoms with Crippen LogP contribution in [0.5, 0.6) is 0 Å². The second-order valence-electron chi connectivity index (χ2n) is 7.50. The second kappa shape index (κ2) is 11.4. The van der Waals surface area contributed by atoms with Crippen LogP contribution in [0.3, 0.4) is 0 Å². The molecule has 0 saturated carbocycles. The average Bonchev–Trinajstić information content (AvgIpc) is 2.89. The third-order valence-corrected chi connectivity index (χ3v) is 5.35. The van der Waals surface area contributed by atoms with Gasteiger partial charge in [0, 0.05) is 78.1 Å². The van der Waals surface area contributed by atoms with Crippen molar-refractivity contribution in [2.45, 2.75) is 0 Å². The quantitative estimate of drug-likeness (QED) is 0.200. The van der Waals surface area contributed by atoms with Crippen molar-refractivity contribution in [3.63, 3.8) is 0 Å². The number of pyridine rings is 2. The van der Waals surface area contributed by atoms with Gasteiger partial charge in [-0.2, -0.15) is 0 Å². The molecular weight excluding hydrogens is 558 g/mol. The van der Waals surface area contributed by atoms with Gasteiger partial charge in [0.1, 0.15) is 0 Å². The summed E-state index contributed by atoms with van der Waals surface area (Å²) in [6.07, 6.45) is 3.60. The maximum atomic E-state index is 12.3. The number of benzene rings is 4. The Kier molecular flexibility index (Phi) is 8.12. The fraction of sp³-hybridized carbons (Fsp3) is 0. The zero-order valence-corrected chi connectivity index (χ0v) is 20.6. The number of rotatable bonds is 2. The number of hydrogen-bond acceptors (Lipinski definition) is 3. The van der Waals surface area contributed by atoms with E-state index >= 15 is 0 Å². The van der Waals surface area contributed by atoms with Gasteiger partial charge in [0.05, 0.1) is 16.9 Å². The van der Waals surface area contributed by atoms with Crippen molar-refractivity contribution in [2.24, 2.45) is 0 Å². The van der Waals surface area contributed by atoms with Crippen molar-refractivity contribution in [1.82, 2.24) is 9.97 Å². The molecule has 0 unspecified atom stereocenters. The molecular formula is C29H20EuN3O-. The zero-order chi connectivity index (χ0) is 22.5. The molecule has 1 amide bonds. The van der Waals surface area contributed by atoms with E-state index in [0.29, 0.717) is 11.3 Å². The van der Waals surface area contributed by atoms with Crippen molar-refractivity contribution >= 4 is 44.2 Å². The smallest absolute Gasteiger partial charge is 0.0964 e. The van der Waals surface area contributed by atoms with E-state index in [9.17, 15) is 4.79 Å². The van der Waals surface area contributed by atoms with Crippen LogP contribution < -0.4 is 0 Å². The number of fused-ring (bicyclic) bond motifs is 4. The molecule has 165 valence electrons. The van der Waals surface area contributed by atoms with E-state index in [2.05, 4.69) is 39.6 Å². The minimum atomic E-state index is -0.206. The fourth-order valence-corrected chi connectivity index (χ4v) is 3.77. The molecule has 0 spiro atoms. The Labute approximate surface area is 238 Å². The van der Waals surface area contributed by atoms with Crippen LogP contribution in [0.15, 0.2) is 122 Å². The Morgan fingerprint density at radius 1 is 0.559 bits per heavy atom. The van der Waals surface area contributed by atoms with Crippen LogP contribution in [-0.2, 0) is 0 Å². The summed E-state index contributed by atoms with van der Waals surface area (Å²) < 4.78 is 0. The Morgan fingerprint density at radius 2 is 1.12 bits per heavy atom. The van der Waals surface area contributed by atoms with Crippen molar-refractivity contribution in [3.8, 4) is 0 Å². The van der Waals surface area contributed by atoms with E-state index < -0.39 is 0 Å². The van der Waals surface area contributed by atoms with Gasteiger partial charge in [0.25, 0.3) is 0 Å². The van der Waals surface area contributed by atoms with Gasteiger partial charge in [-0.05, 0) is 22.9 Å². The molecule has 6 aromatic rings. The molecule has 0 bridgehead atoms. The van der Waals surface area contributed by atoms with Crippen molar-refractivity contribution in [3.05, 3.63) is 132 Å². The SMILES string of the molecule is O=C([N-]c1ccccc1)c1cccc2ccccc12.[Eu].c1cnc2c(c1)ccc1cccnc12. The predicted molar refractivity (Wildman–Crippen MR) is 135 cm³/mol. The summed E-state index contributed by atoms with van der Waals surface area (Å²) in [6.45, 7) is 0. The monoisotopic (exact) mass is 579 g/mol. The standard InChI is InChI=1S/C17H13NO.C12H8N2.Eu/c19-17(18-14-9-2-1-3-10-14)16-12-6-8-13-7-4-5-11-15(13)16;1-3-9-5-6-10-4-2-8-14-12(10)11(9)13-7-1;/h1-12H,(H,18,19);1-8H;/p-1. The molecule has 0 saturated heterocycles. The van der Waals surface area contributed by atoms with Crippen molar-refractivity contribution in [1.29, 1.82) is 0 Å². The molecule has 2 heterocycles. The Hall–Kier alpha value is -2.99. The molecule has 0 aliphatic rings. The number of carbonyl (C=O) groups excluding carboxylic acids is 1. The third-order valence-electron chi connectivity index (χ3n) is 5.35. The van der Waals surface area contributed by atoms with E-state index in [1.807, 2.05) is 84.9 Å². The first-order chi connectivity index (χ1) is 16.3. The predicted octanol–water partition coefficient (Wildman–Crippen LogP) is 7.47. The van der Waals surface area contributed by atoms with Crippen LogP contribution >= 0.6 is 0 Å². The second-order valence-corrected chi connectivity index (χ2v) is 7.50. The van der Waals surface area contributed by atoms with Crippen molar-refractivity contribution in [2.75, 3.05) is 0 Å². The van der Waals surface area contributed by atoms with Crippen molar-refractivity contribution < 1.29 is 54.2 Å². The van der Waals surface area contributed by atoms with Gasteiger partial charge in [-0.25, -0.2) is 0 Å². The first-order valence-electron chi connectivity index (χ1n) is 10.7. The molecule has 0 fully saturated rings. The Balaban J connectivity index is 0.000000163. The largest absolute Gasteiger partial charge is 0.623 e. The number of amides is 1. The third kappa shape index (κ3) is 5.39. The van der Waals surface area contributed by atoms with Crippen LogP contribution in [0.25, 0.3) is 37.9 Å². The molecule has 5 heteroatoms. The van der Waals surface area contributed by atoms with Crippen LogP contribution in [0.2, 0.25) is 0 Å². The van der Waals surface area contributed by atoms with Crippen LogP contribution in [0.1, 0.15) is 10.4 Å². The summed E-state index contributed by atoms with van der Waals surface area (Å²) in [5.41, 5.74) is 3.28. The molecule has 34 heavy (non-hydrogen) atoms. The molecule has 0 aliphatic heterocycles. The summed E-state index contributed by atoms with van der Waals surface area (Å²) >= 11 is 0. The van der Waals surface area contributed by atoms with E-state index in [0.717, 1.165) is 32.6 Å². The van der Waals surface area contributed by atoms with Gasteiger partial charge in [-0.15, -0.1) is 5.69 Å². The Morgan fingerprint density at radius 3 is 1.79 bits per heavy atom. The minimum Gasteiger partial charge on any atom is -0.623 e. The first-order valence-corrected chi connectivity index (χ1v) is 10.7. The van der Waals surface area contributed by atoms with Crippen LogP contribution in [-0.4, -0.2) is 15.9 Å². The molecule has 0 N–H and O–H groups in total. The molecule has 0 atom stereocenters. The van der Waals surface area contributed by atoms with E-state index in [4.69, 9.17) is 0 Å². The molecule has 6 rings (SSSR count). The van der Waals surface area contributed by atoms with E-state index in [1.54, 1.807) is 12.4 Å². The van der Waals surface area contributed by atoms with Crippen LogP contribution in [0.4, 0.5) is 5.69 Å². The number of nitrogens with zero attached hydrogens (tertiary/aromatic N) is 3. The van der Waals surface area contributed by atoms with Gasteiger partial charge in [0.2, 0.25) is 0 Å². The molecule has 4 nitrogen and oxygen atoms in total.